The summed E-state index contributed by atoms with van der Waals surface area (Å²) >= 11 is 6.19. The van der Waals surface area contributed by atoms with Crippen LogP contribution in [-0.2, 0) is 67.2 Å². The fourth-order valence-corrected chi connectivity index (χ4v) is 10.6. The molecule has 25 heteroatoms. The smallest absolute Gasteiger partial charge is 0.247 e. The quantitative estimate of drug-likeness (QED) is 0.0288. The normalized spacial score (nSPS) is 15.9. The number of aliphatic hydroxyl groups excluding tert-OH is 1. The Morgan fingerprint density at radius 2 is 1.38 bits per heavy atom. The number of likely N-dealkylation sites (N-methyl/N-ethyl adjacent to an activating group) is 1. The number of pyridine rings is 1. The van der Waals surface area contributed by atoms with Crippen LogP contribution in [0.2, 0.25) is 5.02 Å². The molecule has 506 valence electrons. The molecule has 1 aliphatic rings. The molecule has 1 saturated heterocycles. The third kappa shape index (κ3) is 26.9. The van der Waals surface area contributed by atoms with Crippen molar-refractivity contribution in [3.05, 3.63) is 143 Å². The number of nitrogens with one attached hydrogen (secondary N) is 7. The second kappa shape index (κ2) is 39.7. The molecule has 0 radical (unpaired) electrons. The van der Waals surface area contributed by atoms with Gasteiger partial charge in [-0.05, 0) is 125 Å². The minimum atomic E-state index is -1.72. The highest BCUT2D eigenvalue weighted by Gasteiger charge is 2.41. The first-order chi connectivity index (χ1) is 44.2. The molecule has 1 aromatic heterocycles. The monoisotopic (exact) mass is 1310 g/mol. The van der Waals surface area contributed by atoms with Gasteiger partial charge in [-0.1, -0.05) is 118 Å². The highest BCUT2D eigenvalue weighted by Crippen LogP contribution is 2.23. The third-order valence-corrected chi connectivity index (χ3v) is 15.9. The summed E-state index contributed by atoms with van der Waals surface area (Å²) < 4.78 is 0. The minimum absolute atomic E-state index is 0.0291. The molecule has 9 atom stereocenters. The van der Waals surface area contributed by atoms with Gasteiger partial charge in [-0.3, -0.25) is 52.9 Å². The number of ketones is 1. The maximum Gasteiger partial charge on any atom is 0.247 e. The molecule has 93 heavy (non-hydrogen) atoms. The molecule has 9 amide bonds. The fraction of sp³-hybridized carbons (Fsp3) is 0.485. The summed E-state index contributed by atoms with van der Waals surface area (Å²) in [6.45, 7) is 14.7. The largest absolute Gasteiger partial charge is 0.508 e. The molecule has 13 N–H and O–H groups in total. The van der Waals surface area contributed by atoms with Crippen molar-refractivity contribution in [2.24, 2.45) is 23.3 Å². The van der Waals surface area contributed by atoms with Crippen LogP contribution in [0.25, 0.3) is 0 Å². The van der Waals surface area contributed by atoms with Crippen LogP contribution in [0.1, 0.15) is 110 Å². The number of nitrogens with zero attached hydrogens (tertiary/aromatic N) is 3. The van der Waals surface area contributed by atoms with Gasteiger partial charge in [-0.15, -0.1) is 0 Å². The van der Waals surface area contributed by atoms with Gasteiger partial charge in [-0.25, -0.2) is 0 Å². The van der Waals surface area contributed by atoms with Crippen LogP contribution in [0.4, 0.5) is 0 Å². The summed E-state index contributed by atoms with van der Waals surface area (Å²) in [4.78, 5) is 147. The van der Waals surface area contributed by atoms with Gasteiger partial charge in [0, 0.05) is 62.9 Å². The number of phenols is 1. The van der Waals surface area contributed by atoms with Gasteiger partial charge in [0.05, 0.1) is 24.6 Å². The summed E-state index contributed by atoms with van der Waals surface area (Å²) in [5, 5.41) is 41.6. The van der Waals surface area contributed by atoms with E-state index in [9.17, 15) is 58.2 Å². The molecular weight excluding hydrogens is 1210 g/mol. The molecule has 24 nitrogen and oxygen atoms in total. The lowest BCUT2D eigenvalue weighted by molar-refractivity contribution is -0.143. The zero-order valence-corrected chi connectivity index (χ0v) is 55.2. The number of carbonyl (C=O) groups excluding carboxylic acids is 10. The zero-order valence-electron chi connectivity index (χ0n) is 54.4. The van der Waals surface area contributed by atoms with Gasteiger partial charge in [0.25, 0.3) is 0 Å². The van der Waals surface area contributed by atoms with Crippen molar-refractivity contribution in [2.45, 2.75) is 167 Å². The van der Waals surface area contributed by atoms with Crippen LogP contribution in [0, 0.1) is 11.8 Å². The Labute approximate surface area is 550 Å². The van der Waals surface area contributed by atoms with E-state index in [2.05, 4.69) is 48.8 Å². The molecule has 4 rings (SSSR count). The average Bonchev–Trinajstić information content (AvgIpc) is 2.05. The lowest BCUT2D eigenvalue weighted by Gasteiger charge is -2.32. The number of hydrogen-bond donors (Lipinski definition) is 11. The van der Waals surface area contributed by atoms with Crippen LogP contribution < -0.4 is 48.7 Å². The number of allylic oxidation sites excluding steroid dienone is 6. The van der Waals surface area contributed by atoms with Gasteiger partial charge in [0.1, 0.15) is 42.0 Å². The summed E-state index contributed by atoms with van der Waals surface area (Å²) in [6, 6.07) is 6.29. The Morgan fingerprint density at radius 1 is 0.753 bits per heavy atom. The Hall–Kier alpha value is -8.58. The van der Waals surface area contributed by atoms with Crippen molar-refractivity contribution in [3.63, 3.8) is 0 Å². The Kier molecular flexibility index (Phi) is 32.8. The zero-order chi connectivity index (χ0) is 68.7. The van der Waals surface area contributed by atoms with E-state index in [0.29, 0.717) is 48.4 Å². The molecular formula is C68H95ClN12O12. The first kappa shape index (κ1) is 76.9. The van der Waals surface area contributed by atoms with E-state index in [4.69, 9.17) is 23.1 Å². The van der Waals surface area contributed by atoms with Crippen LogP contribution in [0.15, 0.2) is 122 Å². The molecule has 0 bridgehead atoms. The van der Waals surface area contributed by atoms with E-state index in [-0.39, 0.29) is 62.9 Å². The molecule has 0 unspecified atom stereocenters. The lowest BCUT2D eigenvalue weighted by Crippen LogP contribution is -2.59. The number of primary amides is 2. The number of hydrogen-bond acceptors (Lipinski definition) is 15. The van der Waals surface area contributed by atoms with Gasteiger partial charge < -0.3 is 68.7 Å². The van der Waals surface area contributed by atoms with Gasteiger partial charge in [0.2, 0.25) is 53.2 Å². The summed E-state index contributed by atoms with van der Waals surface area (Å²) in [6.07, 6.45) is 14.4. The molecule has 2 heterocycles. The molecule has 1 fully saturated rings. The van der Waals surface area contributed by atoms with Gasteiger partial charge in [-0.2, -0.15) is 0 Å². The second-order valence-corrected chi connectivity index (χ2v) is 24.6. The maximum atomic E-state index is 14.9. The van der Waals surface area contributed by atoms with E-state index in [0.717, 1.165) is 16.0 Å². The Morgan fingerprint density at radius 3 is 2.00 bits per heavy atom. The number of phenolic OH excluding ortho intramolecular Hbond substituents is 1. The highest BCUT2D eigenvalue weighted by atomic mass is 35.5. The summed E-state index contributed by atoms with van der Waals surface area (Å²) in [5.74, 6) is -9.60. The number of rotatable bonds is 40. The Bertz CT molecular complexity index is 3090. The second-order valence-electron chi connectivity index (χ2n) is 24.1. The first-order valence-electron chi connectivity index (χ1n) is 31.5. The van der Waals surface area contributed by atoms with Gasteiger partial charge in [0.15, 0.2) is 5.78 Å². The molecule has 0 aliphatic carbocycles. The van der Waals surface area contributed by atoms with Crippen molar-refractivity contribution in [2.75, 3.05) is 33.3 Å². The van der Waals surface area contributed by atoms with E-state index < -0.39 is 133 Å². The molecule has 2 aromatic carbocycles. The molecule has 1 aliphatic heterocycles. The molecule has 3 aromatic rings. The standard InChI is InChI=1S/C68H95ClN12O12/c1-9-17-44(6)18-11-10-13-32-74-53(35-46-22-26-50(69)27-23-46)63(88)78-55(36-48-19-15-30-72-40-48)65(90)79-56(41-82)67(92)80(8)58(37-47-24-28-51(83)29-25-47)59(84)38-49(39-60(70)85)62(87)77-54(34-42(2)3)64(89)76-52(20-12-14-31-73-43(4)5)68(93)81-33-16-21-57(81)66(91)75-45(7)61(71)86/h9-11,13,15,17-19,22-30,40,42-43,45,49,52-58,73-74,82-83H,1,12,14,16,20-21,31-39,41H2,2-8H3,(H2,70,85)(H2,71,86)(H,75,91)(H,76,89)(H,77,87)(H,78,88)(H,79,90)/b13-10-,18-11-,44-17+/t45-,49-,52+,53-,54+,55-,56+,57+,58+/m1/s1. The Balaban J connectivity index is 1.63. The first-order valence-corrected chi connectivity index (χ1v) is 31.9. The highest BCUT2D eigenvalue weighted by molar-refractivity contribution is 6.30. The number of aliphatic hydroxyl groups is 1. The minimum Gasteiger partial charge on any atom is -0.508 e. The number of nitrogens with two attached hydrogens (primary N) is 2. The van der Waals surface area contributed by atoms with Crippen molar-refractivity contribution < 1.29 is 58.2 Å². The van der Waals surface area contributed by atoms with Crippen molar-refractivity contribution in [1.82, 2.24) is 52.0 Å². The van der Waals surface area contributed by atoms with E-state index in [1.807, 2.05) is 51.2 Å². The number of aromatic nitrogens is 1. The van der Waals surface area contributed by atoms with Gasteiger partial charge >= 0.3 is 0 Å². The fourth-order valence-electron chi connectivity index (χ4n) is 10.5. The predicted molar refractivity (Wildman–Crippen MR) is 355 cm³/mol. The number of Topliss-reactive ketones (excluding diaryl/α,β-unsaturated/α-hetero) is 1. The lowest BCUT2D eigenvalue weighted by atomic mass is 9.90. The predicted octanol–water partition coefficient (Wildman–Crippen LogP) is 3.08. The third-order valence-electron chi connectivity index (χ3n) is 15.6. The number of aromatic hydroxyl groups is 1. The average molecular weight is 1310 g/mol. The van der Waals surface area contributed by atoms with Crippen molar-refractivity contribution in [1.29, 1.82) is 0 Å². The summed E-state index contributed by atoms with van der Waals surface area (Å²) in [5.41, 5.74) is 13.8. The van der Waals surface area contributed by atoms with E-state index >= 15 is 0 Å². The van der Waals surface area contributed by atoms with Crippen LogP contribution in [0.5, 0.6) is 5.75 Å². The van der Waals surface area contributed by atoms with Crippen LogP contribution >= 0.6 is 11.6 Å². The number of unbranched alkanes of at least 4 members (excludes halogenated alkanes) is 1. The topological polar surface area (TPSA) is 367 Å². The van der Waals surface area contributed by atoms with Crippen LogP contribution in [-0.4, -0.2) is 172 Å². The number of halogens is 1. The summed E-state index contributed by atoms with van der Waals surface area (Å²) in [7, 11) is 1.26. The van der Waals surface area contributed by atoms with E-state index in [1.54, 1.807) is 56.3 Å². The number of carbonyl (C=O) groups is 10. The molecule has 0 spiro atoms. The van der Waals surface area contributed by atoms with Crippen molar-refractivity contribution >= 4 is 70.5 Å². The van der Waals surface area contributed by atoms with Crippen molar-refractivity contribution in [3.8, 4) is 5.75 Å². The van der Waals surface area contributed by atoms with E-state index in [1.165, 1.54) is 55.5 Å². The maximum absolute atomic E-state index is 14.9. The SMILES string of the molecule is C=C/C=C(C)/C=C\C=C/CN[C@H](Cc1ccc(Cl)cc1)C(=O)N[C@H](Cc1cccnc1)C(=O)N[C@@H](CO)C(=O)N(C)[C@@H](Cc1ccc(O)cc1)C(=O)C[C@H](CC(N)=O)C(=O)N[C@@H](CC(C)C)C(=O)N[C@@H](CCCCNC(C)C)C(=O)N1CCC[C@H]1C(=O)N[C@H](C)C(N)=O. The molecule has 0 saturated carbocycles. The van der Waals surface area contributed by atoms with Crippen LogP contribution in [0.3, 0.4) is 0 Å². The number of benzene rings is 2. The number of likely N-dealkylation sites (tertiary alicyclic amines) is 1. The number of amides is 9.